The average molecular weight is 295 g/mol. The maximum Gasteiger partial charge on any atom is 0.341 e. The molecular weight excluding hydrogens is 282 g/mol. The van der Waals surface area contributed by atoms with E-state index in [9.17, 15) is 9.59 Å². The summed E-state index contributed by atoms with van der Waals surface area (Å²) < 4.78 is 4.97. The quantitative estimate of drug-likeness (QED) is 0.878. The van der Waals surface area contributed by atoms with Crippen LogP contribution in [-0.2, 0) is 4.74 Å². The van der Waals surface area contributed by atoms with Gasteiger partial charge in [-0.1, -0.05) is 6.07 Å². The molecule has 6 heteroatoms. The van der Waals surface area contributed by atoms with Crippen LogP contribution in [0.4, 0.5) is 5.00 Å². The van der Waals surface area contributed by atoms with Gasteiger partial charge in [0, 0.05) is 4.88 Å². The van der Waals surface area contributed by atoms with E-state index >= 15 is 0 Å². The normalized spacial score (nSPS) is 10.2. The Kier molecular flexibility index (Phi) is 4.34. The van der Waals surface area contributed by atoms with Crippen molar-refractivity contribution in [2.45, 2.75) is 13.8 Å². The summed E-state index contributed by atoms with van der Waals surface area (Å²) in [7, 11) is 0. The smallest absolute Gasteiger partial charge is 0.341 e. The molecule has 2 heterocycles. The summed E-state index contributed by atoms with van der Waals surface area (Å²) in [6.45, 7) is 3.95. The zero-order valence-electron chi connectivity index (χ0n) is 10.6. The molecule has 0 aromatic carbocycles. The number of hydrogen-bond acceptors (Lipinski definition) is 5. The van der Waals surface area contributed by atoms with E-state index in [1.807, 2.05) is 18.4 Å². The molecule has 2 rings (SSSR count). The zero-order chi connectivity index (χ0) is 13.8. The number of anilines is 1. The van der Waals surface area contributed by atoms with E-state index in [1.54, 1.807) is 19.1 Å². The fourth-order valence-electron chi connectivity index (χ4n) is 1.54. The van der Waals surface area contributed by atoms with Gasteiger partial charge in [0.25, 0.3) is 5.91 Å². The number of thiophene rings is 2. The second-order valence-corrected chi connectivity index (χ2v) is 5.96. The van der Waals surface area contributed by atoms with Crippen molar-refractivity contribution in [1.29, 1.82) is 0 Å². The lowest BCUT2D eigenvalue weighted by Crippen LogP contribution is -2.13. The van der Waals surface area contributed by atoms with Gasteiger partial charge in [-0.05, 0) is 31.4 Å². The second kappa shape index (κ2) is 5.99. The average Bonchev–Trinajstić information content (AvgIpc) is 2.98. The molecule has 0 saturated carbocycles. The molecular formula is C13H13NO3S2. The van der Waals surface area contributed by atoms with Gasteiger partial charge in [0.15, 0.2) is 0 Å². The minimum Gasteiger partial charge on any atom is -0.462 e. The summed E-state index contributed by atoms with van der Waals surface area (Å²) in [6.07, 6.45) is 0. The van der Waals surface area contributed by atoms with Crippen LogP contribution < -0.4 is 5.32 Å². The molecule has 1 N–H and O–H groups in total. The molecule has 4 nitrogen and oxygen atoms in total. The third-order valence-electron chi connectivity index (χ3n) is 2.32. The van der Waals surface area contributed by atoms with E-state index in [-0.39, 0.29) is 5.91 Å². The van der Waals surface area contributed by atoms with E-state index < -0.39 is 5.97 Å². The van der Waals surface area contributed by atoms with E-state index in [4.69, 9.17) is 4.74 Å². The summed E-state index contributed by atoms with van der Waals surface area (Å²) in [5.41, 5.74) is 0.411. The van der Waals surface area contributed by atoms with Crippen molar-refractivity contribution in [2.75, 3.05) is 11.9 Å². The van der Waals surface area contributed by atoms with Crippen LogP contribution >= 0.6 is 22.7 Å². The van der Waals surface area contributed by atoms with Gasteiger partial charge in [-0.25, -0.2) is 4.79 Å². The number of ether oxygens (including phenoxy) is 1. The monoisotopic (exact) mass is 295 g/mol. The van der Waals surface area contributed by atoms with Crippen LogP contribution in [0.1, 0.15) is 31.8 Å². The van der Waals surface area contributed by atoms with Crippen LogP contribution in [0.15, 0.2) is 23.6 Å². The standard InChI is InChI=1S/C13H13NO3S2/c1-3-17-13(16)9-7-8(2)19-12(9)14-11(15)10-5-4-6-18-10/h4-7H,3H2,1-2H3,(H,14,15). The van der Waals surface area contributed by atoms with E-state index in [2.05, 4.69) is 5.32 Å². The Bertz CT molecular complexity index is 587. The Morgan fingerprint density at radius 2 is 2.21 bits per heavy atom. The minimum absolute atomic E-state index is 0.206. The SMILES string of the molecule is CCOC(=O)c1cc(C)sc1NC(=O)c1cccs1. The summed E-state index contributed by atoms with van der Waals surface area (Å²) in [5.74, 6) is -0.615. The molecule has 0 aliphatic rings. The molecule has 0 atom stereocenters. The van der Waals surface area contributed by atoms with Crippen LogP contribution in [0.2, 0.25) is 0 Å². The summed E-state index contributed by atoms with van der Waals surface area (Å²) in [6, 6.07) is 5.28. The Hall–Kier alpha value is -1.66. The van der Waals surface area contributed by atoms with Gasteiger partial charge < -0.3 is 10.1 Å². The van der Waals surface area contributed by atoms with Gasteiger partial charge in [-0.2, -0.15) is 0 Å². The highest BCUT2D eigenvalue weighted by molar-refractivity contribution is 7.17. The third-order valence-corrected chi connectivity index (χ3v) is 4.16. The number of hydrogen-bond donors (Lipinski definition) is 1. The first-order chi connectivity index (χ1) is 9.11. The molecule has 1 amide bonds. The number of carbonyl (C=O) groups excluding carboxylic acids is 2. The number of carbonyl (C=O) groups is 2. The van der Waals surface area contributed by atoms with Gasteiger partial charge in [0.05, 0.1) is 17.0 Å². The predicted molar refractivity (Wildman–Crippen MR) is 77.3 cm³/mol. The van der Waals surface area contributed by atoms with Crippen molar-refractivity contribution in [2.24, 2.45) is 0 Å². The van der Waals surface area contributed by atoms with Crippen molar-refractivity contribution < 1.29 is 14.3 Å². The maximum atomic E-state index is 12.0. The van der Waals surface area contributed by atoms with Gasteiger partial charge >= 0.3 is 5.97 Å². The highest BCUT2D eigenvalue weighted by Crippen LogP contribution is 2.29. The van der Waals surface area contributed by atoms with Crippen LogP contribution in [0, 0.1) is 6.92 Å². The number of aryl methyl sites for hydroxylation is 1. The Labute approximate surface area is 119 Å². The van der Waals surface area contributed by atoms with Crippen molar-refractivity contribution in [3.8, 4) is 0 Å². The molecule has 0 fully saturated rings. The molecule has 0 saturated heterocycles. The lowest BCUT2D eigenvalue weighted by atomic mass is 10.3. The van der Waals surface area contributed by atoms with Crippen LogP contribution in [-0.4, -0.2) is 18.5 Å². The van der Waals surface area contributed by atoms with Gasteiger partial charge in [0.1, 0.15) is 5.00 Å². The highest BCUT2D eigenvalue weighted by Gasteiger charge is 2.18. The fourth-order valence-corrected chi connectivity index (χ4v) is 3.05. The van der Waals surface area contributed by atoms with Gasteiger partial charge in [0.2, 0.25) is 0 Å². The summed E-state index contributed by atoms with van der Waals surface area (Å²) >= 11 is 2.72. The topological polar surface area (TPSA) is 55.4 Å². The van der Waals surface area contributed by atoms with Crippen LogP contribution in [0.3, 0.4) is 0 Å². The van der Waals surface area contributed by atoms with Crippen molar-refractivity contribution in [3.63, 3.8) is 0 Å². The predicted octanol–water partition coefficient (Wildman–Crippen LogP) is 3.55. The molecule has 0 bridgehead atoms. The minimum atomic E-state index is -0.409. The molecule has 0 aliphatic heterocycles. The van der Waals surface area contributed by atoms with Crippen molar-refractivity contribution in [3.05, 3.63) is 38.9 Å². The van der Waals surface area contributed by atoms with Crippen LogP contribution in [0.25, 0.3) is 0 Å². The first-order valence-electron chi connectivity index (χ1n) is 5.74. The number of esters is 1. The molecule has 100 valence electrons. The largest absolute Gasteiger partial charge is 0.462 e. The molecule has 0 spiro atoms. The second-order valence-electron chi connectivity index (χ2n) is 3.75. The number of nitrogens with one attached hydrogen (secondary N) is 1. The molecule has 0 unspecified atom stereocenters. The third kappa shape index (κ3) is 3.21. The van der Waals surface area contributed by atoms with Crippen molar-refractivity contribution >= 4 is 39.6 Å². The van der Waals surface area contributed by atoms with E-state index in [1.165, 1.54) is 22.7 Å². The molecule has 19 heavy (non-hydrogen) atoms. The van der Waals surface area contributed by atoms with Crippen LogP contribution in [0.5, 0.6) is 0 Å². The molecule has 0 aliphatic carbocycles. The molecule has 2 aromatic rings. The Morgan fingerprint density at radius 1 is 1.42 bits per heavy atom. The summed E-state index contributed by atoms with van der Waals surface area (Å²) in [5, 5.41) is 5.13. The van der Waals surface area contributed by atoms with Gasteiger partial charge in [-0.3, -0.25) is 4.79 Å². The van der Waals surface area contributed by atoms with Crippen molar-refractivity contribution in [1.82, 2.24) is 0 Å². The Balaban J connectivity index is 2.20. The van der Waals surface area contributed by atoms with E-state index in [0.717, 1.165) is 4.88 Å². The lowest BCUT2D eigenvalue weighted by Gasteiger charge is -2.04. The fraction of sp³-hybridized carbons (Fsp3) is 0.231. The zero-order valence-corrected chi connectivity index (χ0v) is 12.2. The van der Waals surface area contributed by atoms with Gasteiger partial charge in [-0.15, -0.1) is 22.7 Å². The van der Waals surface area contributed by atoms with E-state index in [0.29, 0.717) is 22.0 Å². The Morgan fingerprint density at radius 3 is 2.84 bits per heavy atom. The molecule has 0 radical (unpaired) electrons. The lowest BCUT2D eigenvalue weighted by molar-refractivity contribution is 0.0528. The molecule has 2 aromatic heterocycles. The summed E-state index contributed by atoms with van der Waals surface area (Å²) in [4.78, 5) is 25.3. The highest BCUT2D eigenvalue weighted by atomic mass is 32.1. The first-order valence-corrected chi connectivity index (χ1v) is 7.44. The maximum absolute atomic E-state index is 12.0. The first kappa shape index (κ1) is 13.8. The number of rotatable bonds is 4. The number of amides is 1.